The van der Waals surface area contributed by atoms with Gasteiger partial charge in [-0.25, -0.2) is 17.6 Å². The summed E-state index contributed by atoms with van der Waals surface area (Å²) in [6.07, 6.45) is 0. The van der Waals surface area contributed by atoms with E-state index in [0.29, 0.717) is 0 Å². The van der Waals surface area contributed by atoms with Gasteiger partial charge in [-0.1, -0.05) is 0 Å². The fourth-order valence-electron chi connectivity index (χ4n) is 1.26. The topological polar surface area (TPSA) is 9.23 Å². The molecule has 0 aromatic rings. The summed E-state index contributed by atoms with van der Waals surface area (Å²) in [7, 11) is -6.41. The van der Waals surface area contributed by atoms with Gasteiger partial charge in [0.15, 0.2) is 8.32 Å². The maximum Gasteiger partial charge on any atom is 0.350 e. The molecule has 0 amide bonds. The van der Waals surface area contributed by atoms with E-state index in [-0.39, 0.29) is 0 Å². The molecule has 0 aliphatic carbocycles. The van der Waals surface area contributed by atoms with Crippen LogP contribution in [0, 0.1) is 0 Å². The zero-order valence-electron chi connectivity index (χ0n) is 7.92. The highest BCUT2D eigenvalue weighted by Gasteiger charge is 2.98. The highest BCUT2D eigenvalue weighted by atomic mass is 28.4. The number of rotatable bonds is 2. The van der Waals surface area contributed by atoms with Crippen molar-refractivity contribution in [2.75, 3.05) is 0 Å². The minimum absolute atomic E-state index is 0.908. The first kappa shape index (κ1) is 11.2. The van der Waals surface area contributed by atoms with Gasteiger partial charge in [0.2, 0.25) is 0 Å². The van der Waals surface area contributed by atoms with Crippen molar-refractivity contribution in [2.45, 2.75) is 37.3 Å². The summed E-state index contributed by atoms with van der Waals surface area (Å²) >= 11 is 0. The molecule has 1 aliphatic rings. The summed E-state index contributed by atoms with van der Waals surface area (Å²) < 4.78 is 55.7. The number of halogens is 4. The Labute approximate surface area is 76.3 Å². The maximum absolute atomic E-state index is 12.7. The Hall–Kier alpha value is 0.114. The fourth-order valence-corrected chi connectivity index (χ4v) is 8.75. The van der Waals surface area contributed by atoms with Gasteiger partial charge >= 0.3 is 19.4 Å². The van der Waals surface area contributed by atoms with Gasteiger partial charge in [-0.15, -0.1) is 0 Å². The van der Waals surface area contributed by atoms with E-state index in [1.165, 1.54) is 0 Å². The Morgan fingerprint density at radius 3 is 1.38 bits per heavy atom. The van der Waals surface area contributed by atoms with Gasteiger partial charge in [-0.2, -0.15) is 0 Å². The fraction of sp³-hybridized carbons (Fsp3) is 1.00. The van der Waals surface area contributed by atoms with Gasteiger partial charge in [-0.3, -0.25) is 0 Å². The van der Waals surface area contributed by atoms with Crippen molar-refractivity contribution < 1.29 is 21.7 Å². The first-order valence-corrected chi connectivity index (χ1v) is 9.73. The summed E-state index contributed by atoms with van der Waals surface area (Å²) in [6, 6.07) is 0. The number of alkyl halides is 4. The van der Waals surface area contributed by atoms with Crippen molar-refractivity contribution in [1.29, 1.82) is 0 Å². The van der Waals surface area contributed by atoms with Crippen LogP contribution >= 0.6 is 0 Å². The van der Waals surface area contributed by atoms with E-state index in [1.807, 2.05) is 0 Å². The van der Waals surface area contributed by atoms with Crippen LogP contribution in [0.5, 0.6) is 0 Å². The smallest absolute Gasteiger partial charge is 0.350 e. The molecule has 1 fully saturated rings. The standard InChI is InChI=1S/C6H12F4OSi2/c1-12(2,3)11-13(4)5(7,8)6(13,9)10/h1-4H3. The monoisotopic (exact) mass is 232 g/mol. The molecule has 0 aromatic heterocycles. The van der Waals surface area contributed by atoms with E-state index in [2.05, 4.69) is 0 Å². The van der Waals surface area contributed by atoms with Crippen molar-refractivity contribution in [3.05, 3.63) is 0 Å². The Kier molecular flexibility index (Phi) is 2.04. The van der Waals surface area contributed by atoms with Crippen LogP contribution in [0.2, 0.25) is 26.2 Å². The molecule has 78 valence electrons. The van der Waals surface area contributed by atoms with Crippen LogP contribution in [0.25, 0.3) is 0 Å². The van der Waals surface area contributed by atoms with Crippen LogP contribution in [0.15, 0.2) is 0 Å². The Morgan fingerprint density at radius 2 is 1.31 bits per heavy atom. The molecule has 0 saturated carbocycles. The second-order valence-corrected chi connectivity index (χ2v) is 12.8. The molecule has 1 saturated heterocycles. The average molecular weight is 232 g/mol. The van der Waals surface area contributed by atoms with Crippen molar-refractivity contribution in [1.82, 2.24) is 0 Å². The summed E-state index contributed by atoms with van der Waals surface area (Å²) in [6.45, 7) is 5.81. The highest BCUT2D eigenvalue weighted by Crippen LogP contribution is 2.64. The van der Waals surface area contributed by atoms with Crippen LogP contribution < -0.4 is 0 Å². The zero-order chi connectivity index (χ0) is 10.7. The van der Waals surface area contributed by atoms with Crippen molar-refractivity contribution in [2.24, 2.45) is 0 Å². The summed E-state index contributed by atoms with van der Waals surface area (Å²) in [5, 5.41) is 0. The molecular formula is C6H12F4OSi2. The van der Waals surface area contributed by atoms with Gasteiger partial charge in [0.1, 0.15) is 0 Å². The lowest BCUT2D eigenvalue weighted by molar-refractivity contribution is -0.0278. The quantitative estimate of drug-likeness (QED) is 0.525. The van der Waals surface area contributed by atoms with Crippen LogP contribution in [0.1, 0.15) is 0 Å². The summed E-state index contributed by atoms with van der Waals surface area (Å²) in [5.74, 6) is 0. The summed E-state index contributed by atoms with van der Waals surface area (Å²) in [4.78, 5) is 0. The molecule has 0 unspecified atom stereocenters. The van der Waals surface area contributed by atoms with E-state index >= 15 is 0 Å². The van der Waals surface area contributed by atoms with Crippen molar-refractivity contribution in [3.63, 3.8) is 0 Å². The molecule has 13 heavy (non-hydrogen) atoms. The van der Waals surface area contributed by atoms with Gasteiger partial charge in [0, 0.05) is 0 Å². The van der Waals surface area contributed by atoms with Gasteiger partial charge in [0.25, 0.3) is 0 Å². The first-order valence-electron chi connectivity index (χ1n) is 3.91. The predicted octanol–water partition coefficient (Wildman–Crippen LogP) is 2.78. The average Bonchev–Trinajstić information content (AvgIpc) is 2.05. The molecule has 0 atom stereocenters. The van der Waals surface area contributed by atoms with Gasteiger partial charge in [-0.05, 0) is 26.2 Å². The van der Waals surface area contributed by atoms with Crippen molar-refractivity contribution in [3.8, 4) is 0 Å². The Balaban J connectivity index is 2.84. The van der Waals surface area contributed by atoms with E-state index in [9.17, 15) is 17.6 Å². The van der Waals surface area contributed by atoms with Gasteiger partial charge < -0.3 is 4.12 Å². The predicted molar refractivity (Wildman–Crippen MR) is 45.9 cm³/mol. The molecule has 1 aliphatic heterocycles. The Morgan fingerprint density at radius 1 is 1.00 bits per heavy atom. The second kappa shape index (κ2) is 2.37. The molecule has 0 aromatic carbocycles. The molecule has 7 heteroatoms. The summed E-state index contributed by atoms with van der Waals surface area (Å²) in [5.41, 5.74) is -7.75. The van der Waals surface area contributed by atoms with E-state index in [1.54, 1.807) is 19.6 Å². The second-order valence-electron chi connectivity index (χ2n) is 4.40. The van der Waals surface area contributed by atoms with E-state index in [4.69, 9.17) is 4.12 Å². The van der Waals surface area contributed by atoms with E-state index in [0.717, 1.165) is 6.55 Å². The normalized spacial score (nSPS) is 28.6. The molecule has 1 heterocycles. The van der Waals surface area contributed by atoms with Crippen LogP contribution in [-0.2, 0) is 4.12 Å². The van der Waals surface area contributed by atoms with Crippen LogP contribution in [0.4, 0.5) is 17.6 Å². The van der Waals surface area contributed by atoms with E-state index < -0.39 is 27.7 Å². The third-order valence-electron chi connectivity index (χ3n) is 2.04. The molecule has 1 rings (SSSR count). The molecule has 0 N–H and O–H groups in total. The number of hydrogen-bond acceptors (Lipinski definition) is 1. The maximum atomic E-state index is 12.7. The zero-order valence-corrected chi connectivity index (χ0v) is 9.92. The number of hydrogen-bond donors (Lipinski definition) is 0. The third-order valence-corrected chi connectivity index (χ3v) is 8.90. The molecule has 0 radical (unpaired) electrons. The molecular weight excluding hydrogens is 220 g/mol. The largest absolute Gasteiger partial charge is 0.448 e. The van der Waals surface area contributed by atoms with Gasteiger partial charge in [0.05, 0.1) is 0 Å². The highest BCUT2D eigenvalue weighted by molar-refractivity contribution is 6.95. The lowest BCUT2D eigenvalue weighted by Crippen LogP contribution is -2.40. The van der Waals surface area contributed by atoms with Crippen molar-refractivity contribution >= 4 is 16.6 Å². The molecule has 0 bridgehead atoms. The van der Waals surface area contributed by atoms with Crippen LogP contribution in [-0.4, -0.2) is 27.7 Å². The van der Waals surface area contributed by atoms with Crippen LogP contribution in [0.3, 0.4) is 0 Å². The first-order chi connectivity index (χ1) is 5.46. The third kappa shape index (κ3) is 1.28. The molecule has 0 spiro atoms. The lowest BCUT2D eigenvalue weighted by Gasteiger charge is -2.21. The lowest BCUT2D eigenvalue weighted by atomic mass is 10.8. The Bertz CT molecular complexity index is 221. The SMILES string of the molecule is C[Si](C)(C)O[Si]1(C)C(F)(F)C1(F)F. The minimum Gasteiger partial charge on any atom is -0.448 e. The minimum atomic E-state index is -4.10. The molecule has 1 nitrogen and oxygen atoms in total.